The molecular formula is C19H17ClF3NO5S. The number of benzene rings is 1. The molecule has 1 N–H and O–H groups in total. The number of sulfone groups is 1. The van der Waals surface area contributed by atoms with Crippen molar-refractivity contribution >= 4 is 27.4 Å². The number of carboxylic acid groups (broad SMARTS) is 1. The lowest BCUT2D eigenvalue weighted by molar-refractivity contribution is -0.144. The van der Waals surface area contributed by atoms with Crippen LogP contribution < -0.4 is 0 Å². The van der Waals surface area contributed by atoms with E-state index in [1.807, 2.05) is 0 Å². The van der Waals surface area contributed by atoms with E-state index >= 15 is 0 Å². The average molecular weight is 464 g/mol. The molecule has 11 heteroatoms. The van der Waals surface area contributed by atoms with Gasteiger partial charge in [-0.25, -0.2) is 8.42 Å². The van der Waals surface area contributed by atoms with Crippen LogP contribution in [0, 0.1) is 0 Å². The van der Waals surface area contributed by atoms with E-state index in [0.717, 1.165) is 13.2 Å². The molecule has 0 aliphatic heterocycles. The van der Waals surface area contributed by atoms with Crippen LogP contribution in [0.2, 0.25) is 5.02 Å². The van der Waals surface area contributed by atoms with Crippen LogP contribution >= 0.6 is 11.6 Å². The Morgan fingerprint density at radius 1 is 1.27 bits per heavy atom. The minimum absolute atomic E-state index is 0.0374. The van der Waals surface area contributed by atoms with E-state index in [2.05, 4.69) is 4.98 Å². The van der Waals surface area contributed by atoms with Crippen LogP contribution in [0.1, 0.15) is 24.8 Å². The van der Waals surface area contributed by atoms with Gasteiger partial charge in [-0.15, -0.1) is 0 Å². The Hall–Kier alpha value is -2.17. The molecule has 2 atom stereocenters. The molecule has 0 spiro atoms. The van der Waals surface area contributed by atoms with Crippen molar-refractivity contribution < 1.29 is 36.2 Å². The third kappa shape index (κ3) is 3.57. The van der Waals surface area contributed by atoms with Crippen molar-refractivity contribution in [3.8, 4) is 11.1 Å². The van der Waals surface area contributed by atoms with Crippen LogP contribution in [0.3, 0.4) is 0 Å². The van der Waals surface area contributed by atoms with Gasteiger partial charge < -0.3 is 9.84 Å². The maximum Gasteiger partial charge on any atom is 0.417 e. The summed E-state index contributed by atoms with van der Waals surface area (Å²) in [7, 11) is -3.83. The molecule has 2 aromatic rings. The summed E-state index contributed by atoms with van der Waals surface area (Å²) in [5.41, 5.74) is -1.17. The predicted molar refractivity (Wildman–Crippen MR) is 102 cm³/mol. The molecule has 162 valence electrons. The lowest BCUT2D eigenvalue weighted by atomic mass is 10.0. The number of nitrogens with zero attached hydrogens (tertiary/aromatic N) is 1. The Kier molecular flexibility index (Phi) is 5.87. The molecule has 1 aliphatic carbocycles. The number of halogens is 4. The first-order chi connectivity index (χ1) is 13.9. The normalized spacial score (nSPS) is 22.2. The summed E-state index contributed by atoms with van der Waals surface area (Å²) in [6.07, 6.45) is -3.78. The third-order valence-electron chi connectivity index (χ3n) is 5.27. The molecule has 3 rings (SSSR count). The zero-order valence-corrected chi connectivity index (χ0v) is 17.2. The van der Waals surface area contributed by atoms with Crippen molar-refractivity contribution in [1.82, 2.24) is 4.98 Å². The minimum Gasteiger partial charge on any atom is -0.480 e. The van der Waals surface area contributed by atoms with Gasteiger partial charge in [0.2, 0.25) is 0 Å². The number of pyridine rings is 1. The van der Waals surface area contributed by atoms with Gasteiger partial charge in [-0.1, -0.05) is 17.7 Å². The highest BCUT2D eigenvalue weighted by atomic mass is 35.5. The Morgan fingerprint density at radius 3 is 2.53 bits per heavy atom. The first-order valence-electron chi connectivity index (χ1n) is 8.78. The summed E-state index contributed by atoms with van der Waals surface area (Å²) in [6, 6.07) is 3.99. The SMILES string of the molecule is COC1CCCC1(C(=O)O)S(=O)(=O)c1ccc(-c2cncc(Cl)c2)cc1C(F)(F)F. The second-order valence-electron chi connectivity index (χ2n) is 6.92. The van der Waals surface area contributed by atoms with E-state index in [1.54, 1.807) is 0 Å². The monoisotopic (exact) mass is 463 g/mol. The standard InChI is InChI=1S/C19H17ClF3NO5S/c1-29-16-3-2-6-18(16,17(25)26)30(27,28)15-5-4-11(8-14(15)19(21,22)23)12-7-13(20)10-24-9-12/h4-5,7-10,16H,2-3,6H2,1H3,(H,25,26). The molecule has 0 radical (unpaired) electrons. The Bertz CT molecular complexity index is 1090. The Labute approximate surface area is 175 Å². The summed E-state index contributed by atoms with van der Waals surface area (Å²) in [5, 5.41) is 9.95. The molecule has 1 aromatic carbocycles. The third-order valence-corrected chi connectivity index (χ3v) is 8.02. The van der Waals surface area contributed by atoms with E-state index in [1.165, 1.54) is 24.5 Å². The molecule has 1 heterocycles. The van der Waals surface area contributed by atoms with Gasteiger partial charge in [-0.05, 0) is 43.0 Å². The molecule has 1 fully saturated rings. The summed E-state index contributed by atoms with van der Waals surface area (Å²) in [6.45, 7) is 0. The van der Waals surface area contributed by atoms with Crippen LogP contribution in [0.15, 0.2) is 41.6 Å². The van der Waals surface area contributed by atoms with E-state index in [0.29, 0.717) is 6.07 Å². The number of carboxylic acids is 1. The highest BCUT2D eigenvalue weighted by Crippen LogP contribution is 2.46. The number of hydrogen-bond donors (Lipinski definition) is 1. The number of aromatic nitrogens is 1. The van der Waals surface area contributed by atoms with Crippen LogP contribution in [-0.2, 0) is 25.5 Å². The second kappa shape index (κ2) is 7.82. The molecule has 30 heavy (non-hydrogen) atoms. The van der Waals surface area contributed by atoms with Gasteiger partial charge >= 0.3 is 12.1 Å². The molecule has 1 aliphatic rings. The van der Waals surface area contributed by atoms with Crippen molar-refractivity contribution in [2.45, 2.75) is 41.2 Å². The highest BCUT2D eigenvalue weighted by molar-refractivity contribution is 7.93. The quantitative estimate of drug-likeness (QED) is 0.713. The summed E-state index contributed by atoms with van der Waals surface area (Å²) < 4.78 is 70.8. The fourth-order valence-corrected chi connectivity index (χ4v) is 6.33. The number of aliphatic carboxylic acids is 1. The van der Waals surface area contributed by atoms with E-state index in [-0.39, 0.29) is 35.4 Å². The van der Waals surface area contributed by atoms with Crippen molar-refractivity contribution in [2.75, 3.05) is 7.11 Å². The zero-order chi connectivity index (χ0) is 22.3. The van der Waals surface area contributed by atoms with Gasteiger partial charge in [0, 0.05) is 25.1 Å². The largest absolute Gasteiger partial charge is 0.480 e. The van der Waals surface area contributed by atoms with Crippen LogP contribution in [-0.4, -0.2) is 42.4 Å². The molecule has 0 bridgehead atoms. The first-order valence-corrected chi connectivity index (χ1v) is 10.6. The maximum absolute atomic E-state index is 13.9. The smallest absolute Gasteiger partial charge is 0.417 e. The predicted octanol–water partition coefficient (Wildman–Crippen LogP) is 4.22. The van der Waals surface area contributed by atoms with Crippen molar-refractivity contribution in [3.05, 3.63) is 47.2 Å². The highest BCUT2D eigenvalue weighted by Gasteiger charge is 2.61. The fourth-order valence-electron chi connectivity index (χ4n) is 3.85. The molecule has 1 saturated carbocycles. The van der Waals surface area contributed by atoms with Crippen LogP contribution in [0.5, 0.6) is 0 Å². The van der Waals surface area contributed by atoms with Gasteiger partial charge in [0.05, 0.1) is 21.6 Å². The molecule has 2 unspecified atom stereocenters. The summed E-state index contributed by atoms with van der Waals surface area (Å²) in [5.74, 6) is -1.73. The lowest BCUT2D eigenvalue weighted by Gasteiger charge is -2.31. The van der Waals surface area contributed by atoms with Gasteiger partial charge in [-0.2, -0.15) is 13.2 Å². The maximum atomic E-state index is 13.9. The van der Waals surface area contributed by atoms with Gasteiger partial charge in [0.25, 0.3) is 0 Å². The zero-order valence-electron chi connectivity index (χ0n) is 15.6. The number of ether oxygens (including phenoxy) is 1. The van der Waals surface area contributed by atoms with Crippen LogP contribution in [0.4, 0.5) is 13.2 Å². The second-order valence-corrected chi connectivity index (χ2v) is 9.53. The minimum atomic E-state index is -5.05. The van der Waals surface area contributed by atoms with E-state index in [9.17, 15) is 31.5 Å². The van der Waals surface area contributed by atoms with E-state index in [4.69, 9.17) is 16.3 Å². The molecule has 0 saturated heterocycles. The van der Waals surface area contributed by atoms with Crippen LogP contribution in [0.25, 0.3) is 11.1 Å². The van der Waals surface area contributed by atoms with Crippen molar-refractivity contribution in [2.24, 2.45) is 0 Å². The first kappa shape index (κ1) is 22.5. The van der Waals surface area contributed by atoms with Crippen molar-refractivity contribution in [1.29, 1.82) is 0 Å². The molecular weight excluding hydrogens is 447 g/mol. The van der Waals surface area contributed by atoms with Gasteiger partial charge in [0.1, 0.15) is 0 Å². The summed E-state index contributed by atoms with van der Waals surface area (Å²) in [4.78, 5) is 14.8. The number of carbonyl (C=O) groups is 1. The number of alkyl halides is 3. The lowest BCUT2D eigenvalue weighted by Crippen LogP contribution is -2.53. The summed E-state index contributed by atoms with van der Waals surface area (Å²) >= 11 is 5.84. The fraction of sp³-hybridized carbons (Fsp3) is 0.368. The average Bonchev–Trinajstić information content (AvgIpc) is 3.13. The van der Waals surface area contributed by atoms with E-state index < -0.39 is 43.3 Å². The Balaban J connectivity index is 2.26. The van der Waals surface area contributed by atoms with Gasteiger partial charge in [-0.3, -0.25) is 9.78 Å². The topological polar surface area (TPSA) is 93.6 Å². The molecule has 1 aromatic heterocycles. The van der Waals surface area contributed by atoms with Crippen molar-refractivity contribution in [3.63, 3.8) is 0 Å². The Morgan fingerprint density at radius 2 is 1.97 bits per heavy atom. The number of hydrogen-bond acceptors (Lipinski definition) is 5. The van der Waals surface area contributed by atoms with Gasteiger partial charge in [0.15, 0.2) is 14.6 Å². The molecule has 6 nitrogen and oxygen atoms in total. The number of methoxy groups -OCH3 is 1. The number of rotatable bonds is 5. The molecule has 0 amide bonds.